The summed E-state index contributed by atoms with van der Waals surface area (Å²) < 4.78 is 29.5. The lowest BCUT2D eigenvalue weighted by molar-refractivity contribution is 0.102. The molecule has 232 valence electrons. The number of carbonyl (C=O) groups excluding carboxylic acids is 1. The SMILES string of the molecule is C[C@@H]1C[C@@H](C)CN(S(=O)(=O)c2ccc(C(=O)Nc3sc4c(c3-c3nc5ccccc5s3)CCN(Cc3ccccc3)C4)cc2)C1. The normalized spacial score (nSPS) is 19.4. The van der Waals surface area contributed by atoms with Gasteiger partial charge < -0.3 is 5.32 Å². The molecule has 1 fully saturated rings. The summed E-state index contributed by atoms with van der Waals surface area (Å²) in [5, 5.41) is 4.89. The lowest BCUT2D eigenvalue weighted by Crippen LogP contribution is -2.42. The fourth-order valence-electron chi connectivity index (χ4n) is 6.63. The lowest BCUT2D eigenvalue weighted by atomic mass is 9.94. The topological polar surface area (TPSA) is 82.6 Å². The van der Waals surface area contributed by atoms with Crippen LogP contribution in [0.1, 0.15) is 46.6 Å². The third kappa shape index (κ3) is 6.22. The molecule has 2 aliphatic heterocycles. The van der Waals surface area contributed by atoms with Crippen LogP contribution in [0.4, 0.5) is 5.00 Å². The number of thiazole rings is 1. The Labute approximate surface area is 272 Å². The number of anilines is 1. The minimum atomic E-state index is -3.62. The van der Waals surface area contributed by atoms with Crippen LogP contribution >= 0.6 is 22.7 Å². The number of para-hydroxylation sites is 1. The van der Waals surface area contributed by atoms with Crippen molar-refractivity contribution in [2.75, 3.05) is 25.0 Å². The second-order valence-electron chi connectivity index (χ2n) is 12.4. The molecule has 0 aliphatic carbocycles. The molecule has 2 atom stereocenters. The number of aromatic nitrogens is 1. The summed E-state index contributed by atoms with van der Waals surface area (Å²) in [6.45, 7) is 7.84. The van der Waals surface area contributed by atoms with Crippen molar-refractivity contribution in [3.8, 4) is 10.6 Å². The number of carbonyl (C=O) groups is 1. The van der Waals surface area contributed by atoms with Gasteiger partial charge in [0.1, 0.15) is 10.0 Å². The maximum absolute atomic E-state index is 13.6. The van der Waals surface area contributed by atoms with Crippen LogP contribution in [0.15, 0.2) is 83.8 Å². The molecule has 0 bridgehead atoms. The van der Waals surface area contributed by atoms with E-state index in [0.717, 1.165) is 58.3 Å². The van der Waals surface area contributed by atoms with Crippen LogP contribution in [-0.4, -0.2) is 48.1 Å². The molecule has 7 rings (SSSR count). The number of piperidine rings is 1. The first-order valence-electron chi connectivity index (χ1n) is 15.4. The molecule has 2 aromatic heterocycles. The van der Waals surface area contributed by atoms with Crippen LogP contribution in [0.25, 0.3) is 20.8 Å². The van der Waals surface area contributed by atoms with Crippen LogP contribution < -0.4 is 5.32 Å². The van der Waals surface area contributed by atoms with E-state index in [1.165, 1.54) is 16.0 Å². The molecule has 0 unspecified atom stereocenters. The van der Waals surface area contributed by atoms with E-state index in [4.69, 9.17) is 4.98 Å². The van der Waals surface area contributed by atoms with Gasteiger partial charge in [-0.15, -0.1) is 22.7 Å². The molecule has 45 heavy (non-hydrogen) atoms. The van der Waals surface area contributed by atoms with E-state index >= 15 is 0 Å². The van der Waals surface area contributed by atoms with Crippen molar-refractivity contribution < 1.29 is 13.2 Å². The number of thiophene rings is 1. The smallest absolute Gasteiger partial charge is 0.256 e. The Morgan fingerprint density at radius 2 is 1.64 bits per heavy atom. The summed E-state index contributed by atoms with van der Waals surface area (Å²) in [5.41, 5.74) is 4.92. The van der Waals surface area contributed by atoms with Gasteiger partial charge in [-0.05, 0) is 72.2 Å². The molecule has 1 saturated heterocycles. The Hall–Kier alpha value is -3.41. The molecule has 1 amide bonds. The Bertz CT molecular complexity index is 1910. The molecule has 0 saturated carbocycles. The van der Waals surface area contributed by atoms with Crippen LogP contribution in [-0.2, 0) is 29.5 Å². The average Bonchev–Trinajstić information content (AvgIpc) is 3.61. The van der Waals surface area contributed by atoms with E-state index in [9.17, 15) is 13.2 Å². The van der Waals surface area contributed by atoms with Crippen LogP contribution in [0, 0.1) is 11.8 Å². The first kappa shape index (κ1) is 30.3. The van der Waals surface area contributed by atoms with Gasteiger partial charge in [-0.25, -0.2) is 13.4 Å². The highest BCUT2D eigenvalue weighted by molar-refractivity contribution is 7.89. The molecule has 10 heteroatoms. The Morgan fingerprint density at radius 3 is 2.38 bits per heavy atom. The van der Waals surface area contributed by atoms with Crippen molar-refractivity contribution in [2.24, 2.45) is 11.8 Å². The van der Waals surface area contributed by atoms with E-state index in [1.54, 1.807) is 51.2 Å². The molecule has 0 spiro atoms. The second kappa shape index (κ2) is 12.4. The lowest BCUT2D eigenvalue weighted by Gasteiger charge is -2.34. The minimum absolute atomic E-state index is 0.223. The van der Waals surface area contributed by atoms with Gasteiger partial charge in [0.25, 0.3) is 5.91 Å². The third-order valence-electron chi connectivity index (χ3n) is 8.71. The molecular formula is C35H36N4O3S3. The van der Waals surface area contributed by atoms with Gasteiger partial charge in [-0.1, -0.05) is 56.3 Å². The van der Waals surface area contributed by atoms with Gasteiger partial charge in [0.15, 0.2) is 0 Å². The van der Waals surface area contributed by atoms with E-state index in [2.05, 4.69) is 54.4 Å². The number of hydrogen-bond donors (Lipinski definition) is 1. The minimum Gasteiger partial charge on any atom is -0.313 e. The fraction of sp³-hybridized carbons (Fsp3) is 0.314. The molecule has 5 aromatic rings. The fourth-order valence-corrected chi connectivity index (χ4v) is 10.7. The highest BCUT2D eigenvalue weighted by Gasteiger charge is 2.32. The zero-order valence-corrected chi connectivity index (χ0v) is 27.9. The molecule has 2 aliphatic rings. The van der Waals surface area contributed by atoms with E-state index in [1.807, 2.05) is 24.3 Å². The number of hydrogen-bond acceptors (Lipinski definition) is 7. The third-order valence-corrected chi connectivity index (χ3v) is 12.7. The molecule has 0 radical (unpaired) electrons. The largest absolute Gasteiger partial charge is 0.313 e. The predicted octanol–water partition coefficient (Wildman–Crippen LogP) is 7.50. The monoisotopic (exact) mass is 656 g/mol. The number of rotatable bonds is 7. The zero-order chi connectivity index (χ0) is 31.1. The van der Waals surface area contributed by atoms with Crippen molar-refractivity contribution in [1.29, 1.82) is 0 Å². The average molecular weight is 657 g/mol. The Kier molecular flexibility index (Phi) is 8.35. The first-order valence-corrected chi connectivity index (χ1v) is 18.5. The van der Waals surface area contributed by atoms with Gasteiger partial charge in [-0.2, -0.15) is 4.31 Å². The van der Waals surface area contributed by atoms with Crippen LogP contribution in [0.2, 0.25) is 0 Å². The maximum atomic E-state index is 13.6. The molecule has 3 aromatic carbocycles. The van der Waals surface area contributed by atoms with Crippen molar-refractivity contribution in [3.05, 3.63) is 100 Å². The summed E-state index contributed by atoms with van der Waals surface area (Å²) in [6, 6.07) is 25.0. The van der Waals surface area contributed by atoms with E-state index in [0.29, 0.717) is 30.5 Å². The van der Waals surface area contributed by atoms with Crippen molar-refractivity contribution >= 4 is 53.8 Å². The van der Waals surface area contributed by atoms with Crippen molar-refractivity contribution in [3.63, 3.8) is 0 Å². The highest BCUT2D eigenvalue weighted by atomic mass is 32.2. The summed E-state index contributed by atoms with van der Waals surface area (Å²) in [4.78, 5) is 22.5. The summed E-state index contributed by atoms with van der Waals surface area (Å²) >= 11 is 3.27. The quantitative estimate of drug-likeness (QED) is 0.196. The maximum Gasteiger partial charge on any atom is 0.256 e. The zero-order valence-electron chi connectivity index (χ0n) is 25.4. The Morgan fingerprint density at radius 1 is 0.933 bits per heavy atom. The molecule has 7 nitrogen and oxygen atoms in total. The van der Waals surface area contributed by atoms with Gasteiger partial charge in [0.05, 0.1) is 15.1 Å². The number of nitrogens with zero attached hydrogens (tertiary/aromatic N) is 3. The molecule has 1 N–H and O–H groups in total. The number of nitrogens with one attached hydrogen (secondary N) is 1. The number of amides is 1. The van der Waals surface area contributed by atoms with Gasteiger partial charge >= 0.3 is 0 Å². The van der Waals surface area contributed by atoms with E-state index < -0.39 is 10.0 Å². The van der Waals surface area contributed by atoms with Gasteiger partial charge in [0, 0.05) is 48.7 Å². The number of fused-ring (bicyclic) bond motifs is 2. The standard InChI is InChI=1S/C35H36N4O3S3/c1-23-18-24(2)20-39(19-23)45(41,42)27-14-12-26(13-15-27)33(40)37-35-32(34-36-29-10-6-7-11-30(29)43-34)28-16-17-38(22-31(28)44-35)21-25-8-4-3-5-9-25/h3-15,23-24H,16-22H2,1-2H3,(H,37,40)/t23-,24-/m1/s1. The summed E-state index contributed by atoms with van der Waals surface area (Å²) in [7, 11) is -3.62. The molecular weight excluding hydrogens is 621 g/mol. The van der Waals surface area contributed by atoms with Crippen LogP contribution in [0.5, 0.6) is 0 Å². The number of sulfonamides is 1. The number of benzene rings is 3. The summed E-state index contributed by atoms with van der Waals surface area (Å²) in [6.07, 6.45) is 1.90. The van der Waals surface area contributed by atoms with Crippen molar-refractivity contribution in [2.45, 2.75) is 44.7 Å². The Balaban J connectivity index is 1.16. The highest BCUT2D eigenvalue weighted by Crippen LogP contribution is 2.46. The van der Waals surface area contributed by atoms with Gasteiger partial charge in [-0.3, -0.25) is 9.69 Å². The van der Waals surface area contributed by atoms with Gasteiger partial charge in [0.2, 0.25) is 10.0 Å². The molecule has 4 heterocycles. The first-order chi connectivity index (χ1) is 21.7. The second-order valence-corrected chi connectivity index (χ2v) is 16.5. The predicted molar refractivity (Wildman–Crippen MR) is 183 cm³/mol. The van der Waals surface area contributed by atoms with Crippen molar-refractivity contribution in [1.82, 2.24) is 14.2 Å². The van der Waals surface area contributed by atoms with Crippen LogP contribution in [0.3, 0.4) is 0 Å². The van der Waals surface area contributed by atoms with E-state index in [-0.39, 0.29) is 10.8 Å². The summed E-state index contributed by atoms with van der Waals surface area (Å²) in [5.74, 6) is 0.377.